The predicted octanol–water partition coefficient (Wildman–Crippen LogP) is 1.42. The minimum atomic E-state index is -3.89. The Balaban J connectivity index is 2.64. The van der Waals surface area contributed by atoms with Crippen molar-refractivity contribution in [3.05, 3.63) is 22.8 Å². The second-order valence-corrected chi connectivity index (χ2v) is 9.30. The van der Waals surface area contributed by atoms with Gasteiger partial charge >= 0.3 is 0 Å². The molecular formula is C11H15ClN2O5S2. The van der Waals surface area contributed by atoms with Crippen molar-refractivity contribution in [2.45, 2.75) is 43.0 Å². The number of halogens is 1. The van der Waals surface area contributed by atoms with Gasteiger partial charge < -0.3 is 9.69 Å². The average Bonchev–Trinajstić information content (AvgIpc) is 2.46. The number of rotatable bonds is 6. The quantitative estimate of drug-likeness (QED) is 0.673. The molecule has 1 fully saturated rings. The average molecular weight is 355 g/mol. The van der Waals surface area contributed by atoms with Gasteiger partial charge in [0.05, 0.1) is 28.6 Å². The molecule has 1 rings (SSSR count). The predicted molar refractivity (Wildman–Crippen MR) is 77.5 cm³/mol. The summed E-state index contributed by atoms with van der Waals surface area (Å²) in [7, 11) is -7.39. The molecule has 0 amide bonds. The zero-order valence-corrected chi connectivity index (χ0v) is 13.5. The maximum atomic E-state index is 12.2. The van der Waals surface area contributed by atoms with Gasteiger partial charge in [0.15, 0.2) is 9.84 Å². The summed E-state index contributed by atoms with van der Waals surface area (Å²) in [5.41, 5.74) is 0. The van der Waals surface area contributed by atoms with Crippen LogP contribution in [0.4, 0.5) is 0 Å². The third kappa shape index (κ3) is 5.11. The number of sulfone groups is 1. The van der Waals surface area contributed by atoms with Crippen LogP contribution < -0.4 is 0 Å². The minimum absolute atomic E-state index is 0.108. The van der Waals surface area contributed by atoms with E-state index >= 15 is 0 Å². The largest absolute Gasteiger partial charge is 0.305 e. The molecule has 0 spiro atoms. The Hall–Kier alpha value is -0.870. The molecule has 21 heavy (non-hydrogen) atoms. The van der Waals surface area contributed by atoms with Crippen LogP contribution in [0, 0.1) is 13.1 Å². The van der Waals surface area contributed by atoms with Crippen LogP contribution in [0.2, 0.25) is 0 Å². The van der Waals surface area contributed by atoms with Crippen LogP contribution in [0.25, 0.3) is 9.69 Å². The fraction of sp³-hybridized carbons (Fsp3) is 0.818. The molecule has 0 N–H and O–H groups in total. The zero-order valence-electron chi connectivity index (χ0n) is 11.1. The van der Waals surface area contributed by atoms with Crippen LogP contribution in [0.3, 0.4) is 0 Å². The van der Waals surface area contributed by atoms with E-state index in [0.717, 1.165) is 0 Å². The summed E-state index contributed by atoms with van der Waals surface area (Å²) in [4.78, 5) is 6.69. The Morgan fingerprint density at radius 1 is 1.05 bits per heavy atom. The summed E-state index contributed by atoms with van der Waals surface area (Å²) in [6.07, 6.45) is 0.740. The van der Waals surface area contributed by atoms with Gasteiger partial charge in [-0.3, -0.25) is 0 Å². The van der Waals surface area contributed by atoms with Crippen LogP contribution in [0.1, 0.15) is 25.7 Å². The molecule has 118 valence electrons. The smallest absolute Gasteiger partial charge is 0.298 e. The van der Waals surface area contributed by atoms with Crippen LogP contribution in [0.5, 0.6) is 0 Å². The third-order valence-corrected chi connectivity index (χ3v) is 7.35. The van der Waals surface area contributed by atoms with E-state index in [2.05, 4.69) is 13.4 Å². The summed E-state index contributed by atoms with van der Waals surface area (Å²) in [5, 5.41) is -0.686. The molecule has 10 heteroatoms. The molecule has 0 aromatic heterocycles. The molecule has 0 aliphatic heterocycles. The van der Waals surface area contributed by atoms with E-state index in [0.29, 0.717) is 12.8 Å². The molecule has 1 aliphatic rings. The first-order valence-corrected chi connectivity index (χ1v) is 9.83. The maximum absolute atomic E-state index is 12.2. The molecule has 3 atom stereocenters. The normalized spacial score (nSPS) is 26.7. The van der Waals surface area contributed by atoms with Crippen molar-refractivity contribution in [3.63, 3.8) is 0 Å². The summed E-state index contributed by atoms with van der Waals surface area (Å²) in [6, 6.07) is -1.05. The highest BCUT2D eigenvalue weighted by Gasteiger charge is 2.43. The van der Waals surface area contributed by atoms with Crippen LogP contribution >= 0.6 is 11.9 Å². The van der Waals surface area contributed by atoms with E-state index in [1.54, 1.807) is 0 Å². The van der Waals surface area contributed by atoms with Crippen LogP contribution in [-0.4, -0.2) is 45.7 Å². The summed E-state index contributed by atoms with van der Waals surface area (Å²) >= 11 is 4.76. The van der Waals surface area contributed by atoms with E-state index in [1.165, 1.54) is 0 Å². The standard InChI is InChI=1S/C11H15ClN2O5S2/c1-13-10-5-4-9(8-11(10)14-2)20(15,16)6-3-7-21(17,18)19-12/h9-11H,3-8H2. The van der Waals surface area contributed by atoms with Crippen molar-refractivity contribution in [2.24, 2.45) is 0 Å². The van der Waals surface area contributed by atoms with Crippen molar-refractivity contribution >= 4 is 31.8 Å². The van der Waals surface area contributed by atoms with Gasteiger partial charge in [-0.25, -0.2) is 21.6 Å². The molecule has 3 unspecified atom stereocenters. The van der Waals surface area contributed by atoms with Gasteiger partial charge in [-0.05, 0) is 12.8 Å². The van der Waals surface area contributed by atoms with Crippen LogP contribution in [0.15, 0.2) is 0 Å². The molecule has 0 heterocycles. The minimum Gasteiger partial charge on any atom is -0.305 e. The fourth-order valence-electron chi connectivity index (χ4n) is 2.34. The second-order valence-electron chi connectivity index (χ2n) is 4.87. The van der Waals surface area contributed by atoms with Crippen molar-refractivity contribution in [1.29, 1.82) is 0 Å². The highest BCUT2D eigenvalue weighted by molar-refractivity contribution is 7.92. The Morgan fingerprint density at radius 3 is 2.19 bits per heavy atom. The zero-order chi connectivity index (χ0) is 16.1. The molecule has 1 saturated carbocycles. The van der Waals surface area contributed by atoms with Crippen molar-refractivity contribution < 1.29 is 20.6 Å². The topological polar surface area (TPSA) is 86.2 Å². The SMILES string of the molecule is [C-]#[N+]C1CCC(S(=O)(=O)CCCS(=O)(=O)OCl)CC1[N+]#[C-]. The summed E-state index contributed by atoms with van der Waals surface area (Å²) in [5.74, 6) is -0.774. The van der Waals surface area contributed by atoms with Gasteiger partial charge in [0.25, 0.3) is 22.2 Å². The van der Waals surface area contributed by atoms with Gasteiger partial charge in [0, 0.05) is 12.8 Å². The van der Waals surface area contributed by atoms with E-state index < -0.39 is 43.0 Å². The molecular weight excluding hydrogens is 340 g/mol. The Morgan fingerprint density at radius 2 is 1.67 bits per heavy atom. The van der Waals surface area contributed by atoms with Crippen LogP contribution in [-0.2, 0) is 23.7 Å². The molecule has 0 aromatic rings. The van der Waals surface area contributed by atoms with Gasteiger partial charge in [0.1, 0.15) is 0 Å². The molecule has 0 radical (unpaired) electrons. The summed E-state index contributed by atoms with van der Waals surface area (Å²) < 4.78 is 50.1. The lowest BCUT2D eigenvalue weighted by atomic mass is 9.91. The first kappa shape index (κ1) is 18.2. The van der Waals surface area contributed by atoms with Crippen molar-refractivity contribution in [2.75, 3.05) is 11.5 Å². The molecule has 0 bridgehead atoms. The maximum Gasteiger partial charge on any atom is 0.298 e. The van der Waals surface area contributed by atoms with E-state index in [-0.39, 0.29) is 18.6 Å². The highest BCUT2D eigenvalue weighted by Crippen LogP contribution is 2.29. The van der Waals surface area contributed by atoms with Crippen molar-refractivity contribution in [1.82, 2.24) is 0 Å². The van der Waals surface area contributed by atoms with Gasteiger partial charge in [0.2, 0.25) is 0 Å². The number of nitrogens with zero attached hydrogens (tertiary/aromatic N) is 2. The highest BCUT2D eigenvalue weighted by atomic mass is 35.5. The van der Waals surface area contributed by atoms with E-state index in [1.807, 2.05) is 0 Å². The molecule has 1 aliphatic carbocycles. The third-order valence-electron chi connectivity index (χ3n) is 3.49. The first-order valence-electron chi connectivity index (χ1n) is 6.23. The first-order chi connectivity index (χ1) is 9.75. The lowest BCUT2D eigenvalue weighted by molar-refractivity contribution is 0.446. The Bertz CT molecular complexity index is 647. The van der Waals surface area contributed by atoms with Gasteiger partial charge in [-0.15, -0.1) is 0 Å². The fourth-order valence-corrected chi connectivity index (χ4v) is 5.14. The number of hydrogen-bond donors (Lipinski definition) is 0. The van der Waals surface area contributed by atoms with Crippen molar-refractivity contribution in [3.8, 4) is 0 Å². The monoisotopic (exact) mass is 354 g/mol. The Kier molecular flexibility index (Phi) is 6.41. The lowest BCUT2D eigenvalue weighted by Gasteiger charge is -2.23. The second kappa shape index (κ2) is 7.41. The summed E-state index contributed by atoms with van der Waals surface area (Å²) in [6.45, 7) is 14.0. The Labute approximate surface area is 130 Å². The molecule has 0 aromatic carbocycles. The molecule has 7 nitrogen and oxygen atoms in total. The van der Waals surface area contributed by atoms with Gasteiger partial charge in [-0.1, -0.05) is 0 Å². The van der Waals surface area contributed by atoms with Gasteiger partial charge in [-0.2, -0.15) is 12.2 Å². The number of hydrogen-bond acceptors (Lipinski definition) is 5. The lowest BCUT2D eigenvalue weighted by Crippen LogP contribution is -2.37. The van der Waals surface area contributed by atoms with E-state index in [4.69, 9.17) is 25.0 Å². The van der Waals surface area contributed by atoms with E-state index in [9.17, 15) is 16.8 Å². The molecule has 0 saturated heterocycles.